The van der Waals surface area contributed by atoms with E-state index in [4.69, 9.17) is 11.6 Å². The first kappa shape index (κ1) is 14.9. The van der Waals surface area contributed by atoms with Crippen LogP contribution < -0.4 is 10.1 Å². The van der Waals surface area contributed by atoms with Crippen molar-refractivity contribution in [2.75, 3.05) is 5.32 Å². The van der Waals surface area contributed by atoms with Gasteiger partial charge < -0.3 is 10.1 Å². The molecule has 1 aromatic carbocycles. The highest BCUT2D eigenvalue weighted by molar-refractivity contribution is 9.10. The first-order chi connectivity index (χ1) is 9.35. The minimum atomic E-state index is -4.76. The third-order valence-corrected chi connectivity index (χ3v) is 2.98. The molecule has 0 aliphatic rings. The Kier molecular flexibility index (Phi) is 4.39. The molecule has 2 aromatic rings. The molecule has 0 amide bonds. The summed E-state index contributed by atoms with van der Waals surface area (Å²) in [5.74, 6) is -0.0173. The van der Waals surface area contributed by atoms with E-state index in [0.29, 0.717) is 15.3 Å². The number of para-hydroxylation sites is 2. The number of ether oxygens (including phenoxy) is 1. The SMILES string of the molecule is FC(F)(F)Oc1ccccc1Nc1ncc(Cl)cc1Br. The van der Waals surface area contributed by atoms with E-state index in [1.807, 2.05) is 0 Å². The van der Waals surface area contributed by atoms with Crippen LogP contribution in [0.5, 0.6) is 5.75 Å². The Bertz CT molecular complexity index is 622. The topological polar surface area (TPSA) is 34.1 Å². The number of anilines is 2. The summed E-state index contributed by atoms with van der Waals surface area (Å²) in [5, 5.41) is 3.15. The lowest BCUT2D eigenvalue weighted by Crippen LogP contribution is -2.17. The van der Waals surface area contributed by atoms with Crippen LogP contribution in [0.3, 0.4) is 0 Å². The highest BCUT2D eigenvalue weighted by Gasteiger charge is 2.32. The third-order valence-electron chi connectivity index (χ3n) is 2.17. The summed E-state index contributed by atoms with van der Waals surface area (Å²) in [6.07, 6.45) is -3.38. The smallest absolute Gasteiger partial charge is 0.404 e. The van der Waals surface area contributed by atoms with Gasteiger partial charge in [-0.05, 0) is 34.1 Å². The van der Waals surface area contributed by atoms with E-state index < -0.39 is 6.36 Å². The molecular formula is C12H7BrClF3N2O. The second-order valence-electron chi connectivity index (χ2n) is 3.65. The Balaban J connectivity index is 2.29. The van der Waals surface area contributed by atoms with Gasteiger partial charge in [-0.25, -0.2) is 4.98 Å². The summed E-state index contributed by atoms with van der Waals surface area (Å²) in [5.41, 5.74) is 0.139. The van der Waals surface area contributed by atoms with Crippen molar-refractivity contribution in [3.63, 3.8) is 0 Å². The predicted molar refractivity (Wildman–Crippen MR) is 73.4 cm³/mol. The molecule has 0 aliphatic heterocycles. The molecule has 0 fully saturated rings. The van der Waals surface area contributed by atoms with Gasteiger partial charge in [0.05, 0.1) is 15.2 Å². The van der Waals surface area contributed by atoms with Crippen molar-refractivity contribution < 1.29 is 17.9 Å². The molecule has 0 spiro atoms. The van der Waals surface area contributed by atoms with Crippen molar-refractivity contribution in [2.45, 2.75) is 6.36 Å². The summed E-state index contributed by atoms with van der Waals surface area (Å²) < 4.78 is 41.4. The molecular weight excluding hydrogens is 360 g/mol. The van der Waals surface area contributed by atoms with Gasteiger partial charge >= 0.3 is 6.36 Å². The van der Waals surface area contributed by atoms with Crippen molar-refractivity contribution >= 4 is 39.0 Å². The molecule has 1 heterocycles. The predicted octanol–water partition coefficient (Wildman–Crippen LogP) is 5.14. The van der Waals surface area contributed by atoms with E-state index in [-0.39, 0.29) is 11.4 Å². The van der Waals surface area contributed by atoms with E-state index in [1.165, 1.54) is 24.4 Å². The second-order valence-corrected chi connectivity index (χ2v) is 4.94. The van der Waals surface area contributed by atoms with Crippen LogP contribution in [0.25, 0.3) is 0 Å². The Labute approximate surface area is 125 Å². The lowest BCUT2D eigenvalue weighted by Gasteiger charge is -2.14. The molecule has 1 aromatic heterocycles. The quantitative estimate of drug-likeness (QED) is 0.815. The Morgan fingerprint density at radius 2 is 1.95 bits per heavy atom. The lowest BCUT2D eigenvalue weighted by molar-refractivity contribution is -0.274. The molecule has 1 N–H and O–H groups in total. The normalized spacial score (nSPS) is 11.2. The van der Waals surface area contributed by atoms with E-state index in [0.717, 1.165) is 0 Å². The van der Waals surface area contributed by atoms with Crippen molar-refractivity contribution in [3.8, 4) is 5.75 Å². The van der Waals surface area contributed by atoms with Gasteiger partial charge in [0.1, 0.15) is 5.82 Å². The van der Waals surface area contributed by atoms with E-state index >= 15 is 0 Å². The van der Waals surface area contributed by atoms with Crippen LogP contribution in [0.4, 0.5) is 24.7 Å². The van der Waals surface area contributed by atoms with Gasteiger partial charge in [0, 0.05) is 6.20 Å². The fourth-order valence-electron chi connectivity index (χ4n) is 1.42. The number of pyridine rings is 1. The van der Waals surface area contributed by atoms with Gasteiger partial charge in [0.25, 0.3) is 0 Å². The summed E-state index contributed by atoms with van der Waals surface area (Å²) in [6.45, 7) is 0. The number of benzene rings is 1. The summed E-state index contributed by atoms with van der Waals surface area (Å²) in [4.78, 5) is 3.98. The molecule has 0 radical (unpaired) electrons. The number of hydrogen-bond donors (Lipinski definition) is 1. The van der Waals surface area contributed by atoms with Gasteiger partial charge in [-0.15, -0.1) is 13.2 Å². The Hall–Kier alpha value is -1.47. The molecule has 106 valence electrons. The maximum atomic E-state index is 12.3. The van der Waals surface area contributed by atoms with Crippen LogP contribution >= 0.6 is 27.5 Å². The molecule has 8 heteroatoms. The molecule has 20 heavy (non-hydrogen) atoms. The van der Waals surface area contributed by atoms with Crippen LogP contribution in [-0.2, 0) is 0 Å². The Morgan fingerprint density at radius 1 is 1.25 bits per heavy atom. The highest BCUT2D eigenvalue weighted by atomic mass is 79.9. The van der Waals surface area contributed by atoms with Crippen molar-refractivity contribution in [2.24, 2.45) is 0 Å². The first-order valence-corrected chi connectivity index (χ1v) is 6.45. The lowest BCUT2D eigenvalue weighted by atomic mass is 10.3. The molecule has 3 nitrogen and oxygen atoms in total. The van der Waals surface area contributed by atoms with E-state index in [9.17, 15) is 13.2 Å². The first-order valence-electron chi connectivity index (χ1n) is 5.28. The van der Waals surface area contributed by atoms with Gasteiger partial charge in [-0.2, -0.15) is 0 Å². The summed E-state index contributed by atoms with van der Waals surface area (Å²) in [7, 11) is 0. The molecule has 0 aliphatic carbocycles. The number of nitrogens with zero attached hydrogens (tertiary/aromatic N) is 1. The number of alkyl halides is 3. The number of hydrogen-bond acceptors (Lipinski definition) is 3. The maximum Gasteiger partial charge on any atom is 0.573 e. The Morgan fingerprint density at radius 3 is 2.60 bits per heavy atom. The monoisotopic (exact) mass is 366 g/mol. The average molecular weight is 368 g/mol. The largest absolute Gasteiger partial charge is 0.573 e. The van der Waals surface area contributed by atoms with E-state index in [2.05, 4.69) is 31.0 Å². The van der Waals surface area contributed by atoms with E-state index in [1.54, 1.807) is 12.1 Å². The summed E-state index contributed by atoms with van der Waals surface area (Å²) in [6, 6.07) is 7.25. The standard InChI is InChI=1S/C12H7BrClF3N2O/c13-8-5-7(14)6-18-11(8)19-9-3-1-2-4-10(9)20-12(15,16)17/h1-6H,(H,18,19). The third kappa shape index (κ3) is 4.01. The van der Waals surface area contributed by atoms with Crippen LogP contribution in [0, 0.1) is 0 Å². The molecule has 0 saturated heterocycles. The molecule has 0 unspecified atom stereocenters. The summed E-state index contributed by atoms with van der Waals surface area (Å²) >= 11 is 8.96. The van der Waals surface area contributed by atoms with Crippen LogP contribution in [0.1, 0.15) is 0 Å². The van der Waals surface area contributed by atoms with Gasteiger partial charge in [-0.1, -0.05) is 23.7 Å². The molecule has 0 bridgehead atoms. The number of aromatic nitrogens is 1. The number of nitrogens with one attached hydrogen (secondary N) is 1. The average Bonchev–Trinajstić information content (AvgIpc) is 2.33. The highest BCUT2D eigenvalue weighted by Crippen LogP contribution is 2.33. The zero-order chi connectivity index (χ0) is 14.8. The van der Waals surface area contributed by atoms with Crippen LogP contribution in [0.2, 0.25) is 5.02 Å². The fourth-order valence-corrected chi connectivity index (χ4v) is 2.16. The van der Waals surface area contributed by atoms with Crippen LogP contribution in [0.15, 0.2) is 41.0 Å². The van der Waals surface area contributed by atoms with Crippen LogP contribution in [-0.4, -0.2) is 11.3 Å². The van der Waals surface area contributed by atoms with Gasteiger partial charge in [0.2, 0.25) is 0 Å². The second kappa shape index (κ2) is 5.88. The van der Waals surface area contributed by atoms with Gasteiger partial charge in [-0.3, -0.25) is 0 Å². The molecule has 0 atom stereocenters. The van der Waals surface area contributed by atoms with Crippen molar-refractivity contribution in [3.05, 3.63) is 46.0 Å². The molecule has 0 saturated carbocycles. The minimum absolute atomic E-state index is 0.139. The van der Waals surface area contributed by atoms with Crippen molar-refractivity contribution in [1.29, 1.82) is 0 Å². The van der Waals surface area contributed by atoms with Gasteiger partial charge in [0.15, 0.2) is 5.75 Å². The zero-order valence-corrected chi connectivity index (χ0v) is 12.1. The minimum Gasteiger partial charge on any atom is -0.404 e. The number of rotatable bonds is 3. The number of halogens is 5. The zero-order valence-electron chi connectivity index (χ0n) is 9.71. The fraction of sp³-hybridized carbons (Fsp3) is 0.0833. The maximum absolute atomic E-state index is 12.3. The van der Waals surface area contributed by atoms with Crippen molar-refractivity contribution in [1.82, 2.24) is 4.98 Å². The molecule has 2 rings (SSSR count).